The summed E-state index contributed by atoms with van der Waals surface area (Å²) in [6.07, 6.45) is 0. The number of carbonyl (C=O) groups is 2. The van der Waals surface area contributed by atoms with Crippen LogP contribution < -0.4 is 15.4 Å². The second-order valence-corrected chi connectivity index (χ2v) is 7.47. The van der Waals surface area contributed by atoms with Crippen molar-refractivity contribution in [2.45, 2.75) is 13.5 Å². The molecular weight excluding hydrogens is 453 g/mol. The first-order valence-corrected chi connectivity index (χ1v) is 9.71. The zero-order chi connectivity index (χ0) is 21.8. The molecule has 0 aliphatic carbocycles. The van der Waals surface area contributed by atoms with E-state index in [1.54, 1.807) is 43.3 Å². The Morgan fingerprint density at radius 2 is 1.73 bits per heavy atom. The monoisotopic (exact) mass is 467 g/mol. The van der Waals surface area contributed by atoms with Crippen molar-refractivity contribution in [3.05, 3.63) is 62.9 Å². The van der Waals surface area contributed by atoms with Crippen molar-refractivity contribution < 1.29 is 14.3 Å². The Bertz CT molecular complexity index is 1100. The number of hydrogen-bond acceptors (Lipinski definition) is 5. The number of ether oxygens (including phenoxy) is 1. The van der Waals surface area contributed by atoms with Gasteiger partial charge in [-0.05, 0) is 43.3 Å². The first-order valence-electron chi connectivity index (χ1n) is 8.57. The molecule has 0 bridgehead atoms. The molecule has 0 aliphatic rings. The molecule has 30 heavy (non-hydrogen) atoms. The number of aromatic nitrogens is 3. The summed E-state index contributed by atoms with van der Waals surface area (Å²) in [5, 5.41) is 14.2. The summed E-state index contributed by atoms with van der Waals surface area (Å²) in [6, 6.07) is 9.53. The van der Waals surface area contributed by atoms with Gasteiger partial charge in [0.25, 0.3) is 5.91 Å². The van der Waals surface area contributed by atoms with E-state index in [-0.39, 0.29) is 18.1 Å². The lowest BCUT2D eigenvalue weighted by molar-refractivity contribution is -0.117. The molecule has 0 unspecified atom stereocenters. The topological polar surface area (TPSA) is 98.1 Å². The van der Waals surface area contributed by atoms with Gasteiger partial charge >= 0.3 is 0 Å². The lowest BCUT2D eigenvalue weighted by atomic mass is 10.2. The number of amides is 2. The van der Waals surface area contributed by atoms with Gasteiger partial charge < -0.3 is 15.4 Å². The van der Waals surface area contributed by atoms with Crippen molar-refractivity contribution in [2.24, 2.45) is 0 Å². The third-order valence-electron chi connectivity index (χ3n) is 4.05. The molecule has 2 amide bonds. The van der Waals surface area contributed by atoms with Gasteiger partial charge in [0.2, 0.25) is 5.91 Å². The van der Waals surface area contributed by atoms with Crippen molar-refractivity contribution in [3.63, 3.8) is 0 Å². The number of nitrogens with zero attached hydrogens (tertiary/aromatic N) is 3. The minimum Gasteiger partial charge on any atom is -0.495 e. The highest BCUT2D eigenvalue weighted by Gasteiger charge is 2.18. The van der Waals surface area contributed by atoms with Crippen LogP contribution in [0, 0.1) is 6.92 Å². The molecule has 0 aliphatic heterocycles. The number of methoxy groups -OCH3 is 1. The van der Waals surface area contributed by atoms with Crippen LogP contribution in [0.5, 0.6) is 5.75 Å². The zero-order valence-electron chi connectivity index (χ0n) is 15.9. The van der Waals surface area contributed by atoms with Crippen molar-refractivity contribution in [3.8, 4) is 5.75 Å². The molecule has 3 aromatic rings. The van der Waals surface area contributed by atoms with E-state index < -0.39 is 5.91 Å². The van der Waals surface area contributed by atoms with Gasteiger partial charge in [-0.1, -0.05) is 40.0 Å². The number of rotatable bonds is 6. The van der Waals surface area contributed by atoms with Crippen LogP contribution in [0.1, 0.15) is 16.2 Å². The average molecular weight is 469 g/mol. The summed E-state index contributed by atoms with van der Waals surface area (Å²) in [7, 11) is 1.50. The maximum atomic E-state index is 12.5. The highest BCUT2D eigenvalue weighted by atomic mass is 35.5. The molecule has 2 N–H and O–H groups in total. The van der Waals surface area contributed by atoms with Crippen molar-refractivity contribution in [2.75, 3.05) is 17.7 Å². The Morgan fingerprint density at radius 3 is 2.37 bits per heavy atom. The maximum absolute atomic E-state index is 12.5. The highest BCUT2D eigenvalue weighted by Crippen LogP contribution is 2.27. The SMILES string of the molecule is COc1ccc(NC(=O)Cn2nnc(C(=O)Nc3cc(Cl)cc(Cl)c3)c2C)cc1Cl. The predicted octanol–water partition coefficient (Wildman–Crippen LogP) is 4.45. The Hall–Kier alpha value is -2.81. The van der Waals surface area contributed by atoms with E-state index in [1.807, 2.05) is 0 Å². The molecule has 3 rings (SSSR count). The number of carbonyl (C=O) groups excluding carboxylic acids is 2. The second kappa shape index (κ2) is 9.34. The van der Waals surface area contributed by atoms with Gasteiger partial charge in [0.15, 0.2) is 5.69 Å². The number of benzene rings is 2. The third kappa shape index (κ3) is 5.21. The molecule has 1 heterocycles. The molecule has 0 radical (unpaired) electrons. The van der Waals surface area contributed by atoms with Crippen LogP contribution in [-0.4, -0.2) is 33.9 Å². The quantitative estimate of drug-likeness (QED) is 0.557. The van der Waals surface area contributed by atoms with Crippen LogP contribution in [0.4, 0.5) is 11.4 Å². The first-order chi connectivity index (χ1) is 14.3. The lowest BCUT2D eigenvalue weighted by Crippen LogP contribution is -2.21. The summed E-state index contributed by atoms with van der Waals surface area (Å²) >= 11 is 17.9. The van der Waals surface area contributed by atoms with Crippen LogP contribution in [0.15, 0.2) is 36.4 Å². The standard InChI is InChI=1S/C19H16Cl3N5O3/c1-10-18(19(29)24-14-6-11(20)5-12(21)7-14)25-26-27(10)9-17(28)23-13-3-4-16(30-2)15(22)8-13/h3-8H,9H2,1-2H3,(H,23,28)(H,24,29). The van der Waals surface area contributed by atoms with Gasteiger partial charge in [-0.25, -0.2) is 4.68 Å². The van der Waals surface area contributed by atoms with Gasteiger partial charge in [-0.3, -0.25) is 9.59 Å². The Kier molecular flexibility index (Phi) is 6.81. The van der Waals surface area contributed by atoms with Crippen molar-refractivity contribution >= 4 is 58.0 Å². The molecule has 0 atom stereocenters. The van der Waals surface area contributed by atoms with Crippen LogP contribution in [0.3, 0.4) is 0 Å². The first kappa shape index (κ1) is 21.9. The largest absolute Gasteiger partial charge is 0.495 e. The lowest BCUT2D eigenvalue weighted by Gasteiger charge is -2.09. The summed E-state index contributed by atoms with van der Waals surface area (Å²) in [4.78, 5) is 24.8. The Labute approximate surface area is 187 Å². The van der Waals surface area contributed by atoms with Crippen LogP contribution in [0.25, 0.3) is 0 Å². The minimum atomic E-state index is -0.501. The zero-order valence-corrected chi connectivity index (χ0v) is 18.1. The summed E-state index contributed by atoms with van der Waals surface area (Å²) < 4.78 is 6.40. The molecular formula is C19H16Cl3N5O3. The molecule has 11 heteroatoms. The van der Waals surface area contributed by atoms with E-state index in [4.69, 9.17) is 39.5 Å². The average Bonchev–Trinajstić information content (AvgIpc) is 3.01. The van der Waals surface area contributed by atoms with Crippen molar-refractivity contribution in [1.82, 2.24) is 15.0 Å². The Morgan fingerprint density at radius 1 is 1.03 bits per heavy atom. The maximum Gasteiger partial charge on any atom is 0.278 e. The van der Waals surface area contributed by atoms with E-state index in [0.29, 0.717) is 37.9 Å². The minimum absolute atomic E-state index is 0.0754. The van der Waals surface area contributed by atoms with E-state index in [0.717, 1.165) is 0 Å². The summed E-state index contributed by atoms with van der Waals surface area (Å²) in [5.74, 6) is -0.365. The number of hydrogen-bond donors (Lipinski definition) is 2. The molecule has 8 nitrogen and oxygen atoms in total. The van der Waals surface area contributed by atoms with E-state index in [1.165, 1.54) is 11.8 Å². The Balaban J connectivity index is 1.67. The van der Waals surface area contributed by atoms with Crippen LogP contribution in [-0.2, 0) is 11.3 Å². The van der Waals surface area contributed by atoms with E-state index >= 15 is 0 Å². The second-order valence-electron chi connectivity index (χ2n) is 6.19. The molecule has 0 spiro atoms. The van der Waals surface area contributed by atoms with E-state index in [2.05, 4.69) is 20.9 Å². The molecule has 0 saturated heterocycles. The number of halogens is 3. The molecule has 2 aromatic carbocycles. The third-order valence-corrected chi connectivity index (χ3v) is 4.78. The van der Waals surface area contributed by atoms with Crippen molar-refractivity contribution in [1.29, 1.82) is 0 Å². The highest BCUT2D eigenvalue weighted by molar-refractivity contribution is 6.35. The summed E-state index contributed by atoms with van der Waals surface area (Å²) in [6.45, 7) is 1.50. The normalized spacial score (nSPS) is 10.6. The van der Waals surface area contributed by atoms with Gasteiger partial charge in [-0.2, -0.15) is 0 Å². The van der Waals surface area contributed by atoms with E-state index in [9.17, 15) is 9.59 Å². The fourth-order valence-electron chi connectivity index (χ4n) is 2.62. The number of anilines is 2. The molecule has 156 valence electrons. The van der Waals surface area contributed by atoms with Gasteiger partial charge in [0, 0.05) is 21.4 Å². The molecule has 0 saturated carbocycles. The summed E-state index contributed by atoms with van der Waals surface area (Å²) in [5.41, 5.74) is 1.41. The predicted molar refractivity (Wildman–Crippen MR) is 116 cm³/mol. The van der Waals surface area contributed by atoms with Gasteiger partial charge in [0.1, 0.15) is 12.3 Å². The number of nitrogens with one attached hydrogen (secondary N) is 2. The van der Waals surface area contributed by atoms with Gasteiger partial charge in [0.05, 0.1) is 17.8 Å². The smallest absolute Gasteiger partial charge is 0.278 e. The van der Waals surface area contributed by atoms with Crippen LogP contribution in [0.2, 0.25) is 15.1 Å². The fraction of sp³-hybridized carbons (Fsp3) is 0.158. The van der Waals surface area contributed by atoms with Gasteiger partial charge in [-0.15, -0.1) is 5.10 Å². The fourth-order valence-corrected chi connectivity index (χ4v) is 3.40. The van der Waals surface area contributed by atoms with Crippen LogP contribution >= 0.6 is 34.8 Å². The molecule has 1 aromatic heterocycles. The molecule has 0 fully saturated rings.